The molecule has 2 N–H and O–H groups in total. The number of ether oxygens (including phenoxy) is 2. The SMILES string of the molecule is CC(C)Oc1cc(N)cc(N2CCOC(C)C2)c1. The summed E-state index contributed by atoms with van der Waals surface area (Å²) < 4.78 is 11.3. The molecule has 1 unspecified atom stereocenters. The number of hydrogen-bond acceptors (Lipinski definition) is 4. The lowest BCUT2D eigenvalue weighted by molar-refractivity contribution is 0.0532. The van der Waals surface area contributed by atoms with Crippen molar-refractivity contribution < 1.29 is 9.47 Å². The summed E-state index contributed by atoms with van der Waals surface area (Å²) in [7, 11) is 0. The molecule has 0 aliphatic carbocycles. The highest BCUT2D eigenvalue weighted by Crippen LogP contribution is 2.27. The van der Waals surface area contributed by atoms with E-state index in [4.69, 9.17) is 15.2 Å². The van der Waals surface area contributed by atoms with E-state index in [-0.39, 0.29) is 12.2 Å². The summed E-state index contributed by atoms with van der Waals surface area (Å²) in [6.07, 6.45) is 0.415. The van der Waals surface area contributed by atoms with Gasteiger partial charge in [0.05, 0.1) is 18.8 Å². The largest absolute Gasteiger partial charge is 0.491 e. The van der Waals surface area contributed by atoms with Crippen molar-refractivity contribution >= 4 is 11.4 Å². The maximum atomic E-state index is 5.94. The number of nitrogens with zero attached hydrogens (tertiary/aromatic N) is 1. The Balaban J connectivity index is 2.18. The van der Waals surface area contributed by atoms with Crippen LogP contribution < -0.4 is 15.4 Å². The standard InChI is InChI=1S/C14H22N2O2/c1-10(2)18-14-7-12(15)6-13(8-14)16-4-5-17-11(3)9-16/h6-8,10-11H,4-5,9,15H2,1-3H3. The van der Waals surface area contributed by atoms with Crippen LogP contribution in [0.5, 0.6) is 5.75 Å². The predicted molar refractivity (Wildman–Crippen MR) is 74.2 cm³/mol. The summed E-state index contributed by atoms with van der Waals surface area (Å²) in [5.41, 5.74) is 7.79. The monoisotopic (exact) mass is 250 g/mol. The molecule has 1 saturated heterocycles. The average molecular weight is 250 g/mol. The van der Waals surface area contributed by atoms with Crippen molar-refractivity contribution in [2.45, 2.75) is 33.0 Å². The van der Waals surface area contributed by atoms with Gasteiger partial charge >= 0.3 is 0 Å². The van der Waals surface area contributed by atoms with Crippen molar-refractivity contribution in [2.24, 2.45) is 0 Å². The highest BCUT2D eigenvalue weighted by Gasteiger charge is 2.18. The van der Waals surface area contributed by atoms with Gasteiger partial charge in [-0.05, 0) is 26.8 Å². The number of rotatable bonds is 3. The van der Waals surface area contributed by atoms with Crippen molar-refractivity contribution in [2.75, 3.05) is 30.3 Å². The summed E-state index contributed by atoms with van der Waals surface area (Å²) in [5, 5.41) is 0. The van der Waals surface area contributed by atoms with Crippen molar-refractivity contribution in [3.63, 3.8) is 0 Å². The molecule has 18 heavy (non-hydrogen) atoms. The lowest BCUT2D eigenvalue weighted by Crippen LogP contribution is -2.41. The number of anilines is 2. The molecule has 1 aromatic carbocycles. The highest BCUT2D eigenvalue weighted by molar-refractivity contribution is 5.60. The first-order chi connectivity index (χ1) is 8.54. The molecule has 100 valence electrons. The molecule has 4 heteroatoms. The molecule has 0 spiro atoms. The third-order valence-electron chi connectivity index (χ3n) is 2.89. The molecule has 1 heterocycles. The number of hydrogen-bond donors (Lipinski definition) is 1. The highest BCUT2D eigenvalue weighted by atomic mass is 16.5. The van der Waals surface area contributed by atoms with Crippen molar-refractivity contribution in [3.05, 3.63) is 18.2 Å². The first kappa shape index (κ1) is 13.0. The number of benzene rings is 1. The van der Waals surface area contributed by atoms with Crippen LogP contribution in [0.1, 0.15) is 20.8 Å². The second-order valence-electron chi connectivity index (χ2n) is 5.05. The fraction of sp³-hybridized carbons (Fsp3) is 0.571. The van der Waals surface area contributed by atoms with Gasteiger partial charge in [-0.1, -0.05) is 0 Å². The molecule has 0 aromatic heterocycles. The fourth-order valence-electron chi connectivity index (χ4n) is 2.18. The Labute approximate surface area is 109 Å². The van der Waals surface area contributed by atoms with Gasteiger partial charge in [-0.25, -0.2) is 0 Å². The van der Waals surface area contributed by atoms with E-state index >= 15 is 0 Å². The molecule has 1 aliphatic rings. The molecule has 0 amide bonds. The molecule has 0 saturated carbocycles. The minimum absolute atomic E-state index is 0.156. The second kappa shape index (κ2) is 5.48. The van der Waals surface area contributed by atoms with Gasteiger partial charge < -0.3 is 20.1 Å². The fourth-order valence-corrected chi connectivity index (χ4v) is 2.18. The average Bonchev–Trinajstić information content (AvgIpc) is 2.27. The maximum Gasteiger partial charge on any atom is 0.123 e. The van der Waals surface area contributed by atoms with Gasteiger partial charge in [-0.3, -0.25) is 0 Å². The molecule has 0 bridgehead atoms. The molecule has 1 atom stereocenters. The van der Waals surface area contributed by atoms with E-state index in [1.807, 2.05) is 26.0 Å². The Morgan fingerprint density at radius 1 is 1.39 bits per heavy atom. The Hall–Kier alpha value is -1.42. The van der Waals surface area contributed by atoms with Crippen LogP contribution in [-0.2, 0) is 4.74 Å². The Morgan fingerprint density at radius 2 is 2.17 bits per heavy atom. The van der Waals surface area contributed by atoms with Crippen LogP contribution >= 0.6 is 0 Å². The first-order valence-corrected chi connectivity index (χ1v) is 6.48. The molecule has 1 aromatic rings. The van der Waals surface area contributed by atoms with Crippen LogP contribution in [0.3, 0.4) is 0 Å². The van der Waals surface area contributed by atoms with Crippen LogP contribution in [-0.4, -0.2) is 31.9 Å². The number of nitrogen functional groups attached to an aromatic ring is 1. The van der Waals surface area contributed by atoms with E-state index in [9.17, 15) is 0 Å². The molecule has 4 nitrogen and oxygen atoms in total. The van der Waals surface area contributed by atoms with Crippen LogP contribution in [0.25, 0.3) is 0 Å². The van der Waals surface area contributed by atoms with Gasteiger partial charge in [0, 0.05) is 36.6 Å². The summed E-state index contributed by atoms with van der Waals surface area (Å²) >= 11 is 0. The van der Waals surface area contributed by atoms with Crippen LogP contribution in [0.2, 0.25) is 0 Å². The summed E-state index contributed by atoms with van der Waals surface area (Å²) in [4.78, 5) is 2.29. The van der Waals surface area contributed by atoms with E-state index in [0.29, 0.717) is 0 Å². The van der Waals surface area contributed by atoms with Gasteiger partial charge in [0.2, 0.25) is 0 Å². The topological polar surface area (TPSA) is 47.7 Å². The third-order valence-corrected chi connectivity index (χ3v) is 2.89. The van der Waals surface area contributed by atoms with Gasteiger partial charge in [-0.15, -0.1) is 0 Å². The minimum atomic E-state index is 0.156. The third kappa shape index (κ3) is 3.29. The number of morpholine rings is 1. The first-order valence-electron chi connectivity index (χ1n) is 6.48. The van der Waals surface area contributed by atoms with E-state index < -0.39 is 0 Å². The van der Waals surface area contributed by atoms with E-state index in [1.54, 1.807) is 0 Å². The lowest BCUT2D eigenvalue weighted by Gasteiger charge is -2.33. The van der Waals surface area contributed by atoms with E-state index in [2.05, 4.69) is 17.9 Å². The Kier molecular flexibility index (Phi) is 3.97. The molecular formula is C14H22N2O2. The normalized spacial score (nSPS) is 20.2. The van der Waals surface area contributed by atoms with Crippen LogP contribution in [0, 0.1) is 0 Å². The molecule has 1 fully saturated rings. The summed E-state index contributed by atoms with van der Waals surface area (Å²) in [6.45, 7) is 8.67. The summed E-state index contributed by atoms with van der Waals surface area (Å²) in [5.74, 6) is 0.833. The Morgan fingerprint density at radius 3 is 2.83 bits per heavy atom. The van der Waals surface area contributed by atoms with Gasteiger partial charge in [0.1, 0.15) is 5.75 Å². The smallest absolute Gasteiger partial charge is 0.123 e. The van der Waals surface area contributed by atoms with Crippen molar-refractivity contribution in [1.82, 2.24) is 0 Å². The van der Waals surface area contributed by atoms with Crippen molar-refractivity contribution in [3.8, 4) is 5.75 Å². The maximum absolute atomic E-state index is 5.94. The Bertz CT molecular complexity index is 407. The molecule has 2 rings (SSSR count). The molecule has 0 radical (unpaired) electrons. The quantitative estimate of drug-likeness (QED) is 0.836. The minimum Gasteiger partial charge on any atom is -0.491 e. The van der Waals surface area contributed by atoms with Crippen molar-refractivity contribution in [1.29, 1.82) is 0 Å². The number of nitrogens with two attached hydrogens (primary N) is 1. The molecular weight excluding hydrogens is 228 g/mol. The van der Waals surface area contributed by atoms with Gasteiger partial charge in [0.25, 0.3) is 0 Å². The molecule has 1 aliphatic heterocycles. The van der Waals surface area contributed by atoms with E-state index in [0.717, 1.165) is 36.8 Å². The lowest BCUT2D eigenvalue weighted by atomic mass is 10.2. The second-order valence-corrected chi connectivity index (χ2v) is 5.05. The zero-order valence-electron chi connectivity index (χ0n) is 11.3. The zero-order chi connectivity index (χ0) is 13.1. The van der Waals surface area contributed by atoms with Gasteiger partial charge in [0.15, 0.2) is 0 Å². The van der Waals surface area contributed by atoms with Crippen LogP contribution in [0.4, 0.5) is 11.4 Å². The predicted octanol–water partition coefficient (Wildman–Crippen LogP) is 2.28. The zero-order valence-corrected chi connectivity index (χ0v) is 11.3. The van der Waals surface area contributed by atoms with E-state index in [1.165, 1.54) is 0 Å². The van der Waals surface area contributed by atoms with Gasteiger partial charge in [-0.2, -0.15) is 0 Å². The van der Waals surface area contributed by atoms with Crippen LogP contribution in [0.15, 0.2) is 18.2 Å². The summed E-state index contributed by atoms with van der Waals surface area (Å²) in [6, 6.07) is 5.91.